The zero-order valence-electron chi connectivity index (χ0n) is 17.7. The molecule has 1 aromatic carbocycles. The molecule has 4 heterocycles. The van der Waals surface area contributed by atoms with Crippen LogP contribution in [0.2, 0.25) is 0 Å². The van der Waals surface area contributed by atoms with E-state index >= 15 is 0 Å². The number of nitrogens with one attached hydrogen (secondary N) is 2. The van der Waals surface area contributed by atoms with Crippen molar-refractivity contribution in [2.24, 2.45) is 0 Å². The van der Waals surface area contributed by atoms with E-state index in [1.165, 1.54) is 6.33 Å². The molecular weight excluding hydrogens is 402 g/mol. The van der Waals surface area contributed by atoms with E-state index in [1.807, 2.05) is 53.5 Å². The highest BCUT2D eigenvalue weighted by atomic mass is 15.3. The molecule has 0 saturated carbocycles. The van der Waals surface area contributed by atoms with Crippen molar-refractivity contribution in [1.29, 1.82) is 5.26 Å². The zero-order valence-corrected chi connectivity index (χ0v) is 17.7. The fourth-order valence-corrected chi connectivity index (χ4v) is 3.50. The smallest absolute Gasteiger partial charge is 0.155 e. The summed E-state index contributed by atoms with van der Waals surface area (Å²) in [6.45, 7) is 4.65. The summed E-state index contributed by atoms with van der Waals surface area (Å²) in [4.78, 5) is 12.5. The monoisotopic (exact) mass is 423 g/mol. The van der Waals surface area contributed by atoms with Gasteiger partial charge in [0.2, 0.25) is 0 Å². The quantitative estimate of drug-likeness (QED) is 0.426. The third-order valence-corrected chi connectivity index (χ3v) is 5.15. The number of pyridine rings is 1. The summed E-state index contributed by atoms with van der Waals surface area (Å²) >= 11 is 0. The molecule has 0 aliphatic heterocycles. The van der Waals surface area contributed by atoms with Crippen LogP contribution in [0.25, 0.3) is 28.3 Å². The summed E-state index contributed by atoms with van der Waals surface area (Å²) in [7, 11) is 0. The molecule has 4 aromatic heterocycles. The maximum Gasteiger partial charge on any atom is 0.155 e. The first-order valence-corrected chi connectivity index (χ1v) is 10.3. The molecule has 0 aliphatic carbocycles. The number of benzene rings is 1. The third kappa shape index (κ3) is 3.70. The Bertz CT molecular complexity index is 1430. The van der Waals surface area contributed by atoms with Crippen LogP contribution in [-0.4, -0.2) is 34.3 Å². The Hall–Kier alpha value is -4.45. The van der Waals surface area contributed by atoms with Gasteiger partial charge in [-0.15, -0.1) is 0 Å². The van der Waals surface area contributed by atoms with Crippen molar-refractivity contribution in [2.45, 2.75) is 26.4 Å². The number of rotatable bonds is 6. The van der Waals surface area contributed by atoms with Gasteiger partial charge in [-0.1, -0.05) is 6.07 Å². The Labute approximate surface area is 184 Å². The summed E-state index contributed by atoms with van der Waals surface area (Å²) in [5.41, 5.74) is 5.59. The second-order valence-electron chi connectivity index (χ2n) is 7.71. The number of hydrogen-bond donors (Lipinski definition) is 2. The predicted octanol–water partition coefficient (Wildman–Crippen LogP) is 4.05. The van der Waals surface area contributed by atoms with Gasteiger partial charge in [0, 0.05) is 29.7 Å². The highest BCUT2D eigenvalue weighted by molar-refractivity contribution is 5.76. The summed E-state index contributed by atoms with van der Waals surface area (Å²) in [6, 6.07) is 15.7. The number of anilines is 1. The summed E-state index contributed by atoms with van der Waals surface area (Å²) in [5.74, 6) is 0.759. The van der Waals surface area contributed by atoms with Crippen molar-refractivity contribution >= 4 is 11.3 Å². The molecule has 0 fully saturated rings. The first-order chi connectivity index (χ1) is 15.6. The van der Waals surface area contributed by atoms with Gasteiger partial charge < -0.3 is 10.3 Å². The second kappa shape index (κ2) is 8.00. The lowest BCUT2D eigenvalue weighted by atomic mass is 10.1. The van der Waals surface area contributed by atoms with E-state index in [4.69, 9.17) is 15.3 Å². The SMILES string of the molecule is CC(C)n1ccc(-c2[nH]c(CNc3cccc(C#N)c3)nc2-c2ccc3ncnn3c2)n1. The van der Waals surface area contributed by atoms with Crippen LogP contribution in [0.4, 0.5) is 5.69 Å². The van der Waals surface area contributed by atoms with Gasteiger partial charge in [-0.25, -0.2) is 14.5 Å². The van der Waals surface area contributed by atoms with Gasteiger partial charge in [-0.05, 0) is 50.2 Å². The van der Waals surface area contributed by atoms with E-state index in [2.05, 4.69) is 40.3 Å². The van der Waals surface area contributed by atoms with Gasteiger partial charge in [0.15, 0.2) is 5.65 Å². The maximum absolute atomic E-state index is 9.12. The number of nitrogens with zero attached hydrogens (tertiary/aromatic N) is 7. The van der Waals surface area contributed by atoms with Gasteiger partial charge in [0.1, 0.15) is 17.8 Å². The lowest BCUT2D eigenvalue weighted by molar-refractivity contribution is 0.534. The van der Waals surface area contributed by atoms with E-state index in [-0.39, 0.29) is 6.04 Å². The molecule has 158 valence electrons. The van der Waals surface area contributed by atoms with Gasteiger partial charge in [0.25, 0.3) is 0 Å². The molecule has 2 N–H and O–H groups in total. The number of aromatic nitrogens is 7. The molecule has 0 amide bonds. The Morgan fingerprint density at radius 1 is 1.19 bits per heavy atom. The lowest BCUT2D eigenvalue weighted by Gasteiger charge is -2.04. The van der Waals surface area contributed by atoms with Crippen LogP contribution in [0.3, 0.4) is 0 Å². The molecule has 0 aliphatic rings. The lowest BCUT2D eigenvalue weighted by Crippen LogP contribution is -2.02. The molecule has 0 spiro atoms. The van der Waals surface area contributed by atoms with Gasteiger partial charge in [-0.3, -0.25) is 4.68 Å². The molecule has 9 heteroatoms. The Kier molecular flexibility index (Phi) is 4.88. The Morgan fingerprint density at radius 2 is 2.09 bits per heavy atom. The number of fused-ring (bicyclic) bond motifs is 1. The van der Waals surface area contributed by atoms with Gasteiger partial charge in [-0.2, -0.15) is 15.5 Å². The summed E-state index contributed by atoms with van der Waals surface area (Å²) < 4.78 is 3.65. The topological polar surface area (TPSA) is 113 Å². The number of hydrogen-bond acceptors (Lipinski definition) is 6. The molecular formula is C23H21N9. The average Bonchev–Trinajstić information content (AvgIpc) is 3.56. The number of aromatic amines is 1. The minimum absolute atomic E-state index is 0.259. The van der Waals surface area contributed by atoms with Crippen molar-refractivity contribution in [3.63, 3.8) is 0 Å². The summed E-state index contributed by atoms with van der Waals surface area (Å²) in [5, 5.41) is 21.4. The van der Waals surface area contributed by atoms with Crippen molar-refractivity contribution in [2.75, 3.05) is 5.32 Å². The minimum atomic E-state index is 0.259. The van der Waals surface area contributed by atoms with Crippen LogP contribution in [0.1, 0.15) is 31.3 Å². The molecule has 32 heavy (non-hydrogen) atoms. The van der Waals surface area contributed by atoms with E-state index in [0.29, 0.717) is 12.1 Å². The standard InChI is InChI=1S/C23H21N9/c1-15(2)31-9-8-19(30-31)23-22(17-6-7-21-26-14-27-32(21)13-17)28-20(29-23)12-25-18-5-3-4-16(10-18)11-24/h3-10,13-15,25H,12H2,1-2H3,(H,28,29). The number of nitriles is 1. The predicted molar refractivity (Wildman–Crippen MR) is 121 cm³/mol. The van der Waals surface area contributed by atoms with Gasteiger partial charge >= 0.3 is 0 Å². The van der Waals surface area contributed by atoms with Crippen molar-refractivity contribution in [3.8, 4) is 28.7 Å². The van der Waals surface area contributed by atoms with Crippen LogP contribution in [0.15, 0.2) is 61.2 Å². The largest absolute Gasteiger partial charge is 0.378 e. The van der Waals surface area contributed by atoms with Crippen LogP contribution in [0, 0.1) is 11.3 Å². The van der Waals surface area contributed by atoms with Crippen LogP contribution >= 0.6 is 0 Å². The fourth-order valence-electron chi connectivity index (χ4n) is 3.50. The minimum Gasteiger partial charge on any atom is -0.378 e. The highest BCUT2D eigenvalue weighted by Gasteiger charge is 2.17. The van der Waals surface area contributed by atoms with Crippen LogP contribution in [-0.2, 0) is 6.54 Å². The molecule has 5 rings (SSSR count). The molecule has 5 aromatic rings. The molecule has 0 atom stereocenters. The first-order valence-electron chi connectivity index (χ1n) is 10.3. The summed E-state index contributed by atoms with van der Waals surface area (Å²) in [6.07, 6.45) is 5.41. The Morgan fingerprint density at radius 3 is 2.91 bits per heavy atom. The van der Waals surface area contributed by atoms with E-state index in [0.717, 1.165) is 39.8 Å². The fraction of sp³-hybridized carbons (Fsp3) is 0.174. The first kappa shape index (κ1) is 19.5. The molecule has 0 bridgehead atoms. The van der Waals surface area contributed by atoms with Crippen LogP contribution < -0.4 is 5.32 Å². The zero-order chi connectivity index (χ0) is 22.1. The molecule has 0 saturated heterocycles. The van der Waals surface area contributed by atoms with Crippen molar-refractivity contribution in [1.82, 2.24) is 34.3 Å². The normalized spacial score (nSPS) is 11.2. The van der Waals surface area contributed by atoms with Crippen molar-refractivity contribution < 1.29 is 0 Å². The van der Waals surface area contributed by atoms with Crippen LogP contribution in [0.5, 0.6) is 0 Å². The highest BCUT2D eigenvalue weighted by Crippen LogP contribution is 2.30. The van der Waals surface area contributed by atoms with E-state index in [1.54, 1.807) is 10.6 Å². The second-order valence-corrected chi connectivity index (χ2v) is 7.71. The third-order valence-electron chi connectivity index (χ3n) is 5.15. The molecule has 0 radical (unpaired) electrons. The van der Waals surface area contributed by atoms with Gasteiger partial charge in [0.05, 0.1) is 29.6 Å². The molecule has 0 unspecified atom stereocenters. The maximum atomic E-state index is 9.12. The number of H-pyrrole nitrogens is 1. The van der Waals surface area contributed by atoms with Crippen molar-refractivity contribution in [3.05, 3.63) is 72.6 Å². The molecule has 9 nitrogen and oxygen atoms in total. The average molecular weight is 423 g/mol. The number of imidazole rings is 1. The Balaban J connectivity index is 1.52. The van der Waals surface area contributed by atoms with E-state index in [9.17, 15) is 0 Å². The van der Waals surface area contributed by atoms with E-state index < -0.39 is 0 Å².